The Morgan fingerprint density at radius 1 is 1.06 bits per heavy atom. The van der Waals surface area contributed by atoms with E-state index in [-0.39, 0.29) is 6.79 Å². The van der Waals surface area contributed by atoms with E-state index < -0.39 is 0 Å². The van der Waals surface area contributed by atoms with E-state index in [9.17, 15) is 5.11 Å². The molecule has 1 fully saturated rings. The Morgan fingerprint density at radius 2 is 1.76 bits per heavy atom. The van der Waals surface area contributed by atoms with Crippen LogP contribution in [-0.4, -0.2) is 29.9 Å². The van der Waals surface area contributed by atoms with E-state index in [1.165, 1.54) is 19.3 Å². The highest BCUT2D eigenvalue weighted by atomic mass is 16.7. The zero-order valence-electron chi connectivity index (χ0n) is 9.82. The van der Waals surface area contributed by atoms with Gasteiger partial charge in [0, 0.05) is 18.2 Å². The number of benzene rings is 1. The zero-order chi connectivity index (χ0) is 11.7. The van der Waals surface area contributed by atoms with Crippen molar-refractivity contribution >= 4 is 0 Å². The number of hydrogen-bond acceptors (Lipinski definition) is 4. The van der Waals surface area contributed by atoms with Crippen molar-refractivity contribution in [1.82, 2.24) is 4.90 Å². The van der Waals surface area contributed by atoms with E-state index in [4.69, 9.17) is 9.47 Å². The number of piperidine rings is 1. The van der Waals surface area contributed by atoms with Gasteiger partial charge in [0.1, 0.15) is 5.75 Å². The van der Waals surface area contributed by atoms with Crippen LogP contribution in [0.5, 0.6) is 17.2 Å². The molecule has 0 unspecified atom stereocenters. The summed E-state index contributed by atoms with van der Waals surface area (Å²) in [6.45, 7) is 3.28. The van der Waals surface area contributed by atoms with Gasteiger partial charge in [0.2, 0.25) is 6.79 Å². The molecule has 3 rings (SSSR count). The Morgan fingerprint density at radius 3 is 2.53 bits per heavy atom. The van der Waals surface area contributed by atoms with Gasteiger partial charge in [0.05, 0.1) is 0 Å². The largest absolute Gasteiger partial charge is 0.507 e. The smallest absolute Gasteiger partial charge is 0.231 e. The Bertz CT molecular complexity index is 413. The normalized spacial score (nSPS) is 19.5. The van der Waals surface area contributed by atoms with Crippen LogP contribution in [0.15, 0.2) is 12.1 Å². The molecule has 1 saturated heterocycles. The first kappa shape index (κ1) is 10.7. The Labute approximate surface area is 101 Å². The maximum absolute atomic E-state index is 9.94. The van der Waals surface area contributed by atoms with E-state index in [0.717, 1.165) is 30.9 Å². The second kappa shape index (κ2) is 4.45. The molecule has 2 heterocycles. The summed E-state index contributed by atoms with van der Waals surface area (Å²) < 4.78 is 10.6. The highest BCUT2D eigenvalue weighted by molar-refractivity contribution is 5.51. The van der Waals surface area contributed by atoms with Crippen LogP contribution in [0.4, 0.5) is 0 Å². The van der Waals surface area contributed by atoms with Gasteiger partial charge in [0.25, 0.3) is 0 Å². The first-order valence-corrected chi connectivity index (χ1v) is 6.17. The predicted molar refractivity (Wildman–Crippen MR) is 63.4 cm³/mol. The highest BCUT2D eigenvalue weighted by Gasteiger charge is 2.19. The fourth-order valence-electron chi connectivity index (χ4n) is 2.46. The lowest BCUT2D eigenvalue weighted by atomic mass is 10.1. The molecule has 0 amide bonds. The van der Waals surface area contributed by atoms with E-state index in [0.29, 0.717) is 11.5 Å². The molecule has 0 bridgehead atoms. The molecule has 17 heavy (non-hydrogen) atoms. The van der Waals surface area contributed by atoms with Crippen LogP contribution in [0.1, 0.15) is 24.8 Å². The maximum Gasteiger partial charge on any atom is 0.231 e. The van der Waals surface area contributed by atoms with Crippen LogP contribution in [-0.2, 0) is 6.54 Å². The summed E-state index contributed by atoms with van der Waals surface area (Å²) in [6, 6.07) is 3.55. The molecule has 0 radical (unpaired) electrons. The number of aromatic hydroxyl groups is 1. The van der Waals surface area contributed by atoms with Crippen LogP contribution in [0, 0.1) is 0 Å². The summed E-state index contributed by atoms with van der Waals surface area (Å²) in [7, 11) is 0. The SMILES string of the molecule is Oc1cc2c(cc1CN1CCCCC1)OCO2. The number of rotatable bonds is 2. The number of phenolic OH excluding ortho intramolecular Hbond substituents is 1. The first-order chi connectivity index (χ1) is 8.33. The molecule has 0 aliphatic carbocycles. The van der Waals surface area contributed by atoms with Crippen LogP contribution in [0.3, 0.4) is 0 Å². The van der Waals surface area contributed by atoms with Gasteiger partial charge in [0.15, 0.2) is 11.5 Å². The molecule has 92 valence electrons. The van der Waals surface area contributed by atoms with Crippen molar-refractivity contribution in [2.75, 3.05) is 19.9 Å². The second-order valence-electron chi connectivity index (χ2n) is 4.67. The number of nitrogens with zero attached hydrogens (tertiary/aromatic N) is 1. The topological polar surface area (TPSA) is 41.9 Å². The standard InChI is InChI=1S/C13H17NO3/c15-11-7-13-12(16-9-17-13)6-10(11)8-14-4-2-1-3-5-14/h6-7,15H,1-5,8-9H2. The van der Waals surface area contributed by atoms with Gasteiger partial charge in [-0.3, -0.25) is 4.90 Å². The Hall–Kier alpha value is -1.42. The number of ether oxygens (including phenoxy) is 2. The molecular weight excluding hydrogens is 218 g/mol. The monoisotopic (exact) mass is 235 g/mol. The second-order valence-corrected chi connectivity index (χ2v) is 4.67. The molecule has 2 aliphatic heterocycles. The number of hydrogen-bond donors (Lipinski definition) is 1. The Balaban J connectivity index is 1.78. The van der Waals surface area contributed by atoms with E-state index >= 15 is 0 Å². The summed E-state index contributed by atoms with van der Waals surface area (Å²) in [5.74, 6) is 1.69. The van der Waals surface area contributed by atoms with Gasteiger partial charge in [-0.25, -0.2) is 0 Å². The minimum Gasteiger partial charge on any atom is -0.507 e. The Kier molecular flexibility index (Phi) is 2.81. The van der Waals surface area contributed by atoms with Crippen molar-refractivity contribution < 1.29 is 14.6 Å². The summed E-state index contributed by atoms with van der Waals surface area (Å²) >= 11 is 0. The summed E-state index contributed by atoms with van der Waals surface area (Å²) in [5, 5.41) is 9.94. The lowest BCUT2D eigenvalue weighted by Crippen LogP contribution is -2.29. The highest BCUT2D eigenvalue weighted by Crippen LogP contribution is 2.38. The zero-order valence-corrected chi connectivity index (χ0v) is 9.82. The van der Waals surface area contributed by atoms with E-state index in [1.54, 1.807) is 6.07 Å². The summed E-state index contributed by atoms with van der Waals surface area (Å²) in [4.78, 5) is 2.38. The number of fused-ring (bicyclic) bond motifs is 1. The van der Waals surface area contributed by atoms with E-state index in [2.05, 4.69) is 4.90 Å². The van der Waals surface area contributed by atoms with Gasteiger partial charge in [-0.2, -0.15) is 0 Å². The molecular formula is C13H17NO3. The lowest BCUT2D eigenvalue weighted by Gasteiger charge is -2.26. The van der Waals surface area contributed by atoms with Crippen LogP contribution in [0.25, 0.3) is 0 Å². The summed E-state index contributed by atoms with van der Waals surface area (Å²) in [6.07, 6.45) is 3.83. The fraction of sp³-hybridized carbons (Fsp3) is 0.538. The van der Waals surface area contributed by atoms with Gasteiger partial charge in [-0.15, -0.1) is 0 Å². The van der Waals surface area contributed by atoms with Gasteiger partial charge >= 0.3 is 0 Å². The van der Waals surface area contributed by atoms with Gasteiger partial charge in [-0.1, -0.05) is 6.42 Å². The molecule has 0 saturated carbocycles. The van der Waals surface area contributed by atoms with Crippen LogP contribution >= 0.6 is 0 Å². The minimum absolute atomic E-state index is 0.252. The molecule has 4 heteroatoms. The van der Waals surface area contributed by atoms with Crippen molar-refractivity contribution in [1.29, 1.82) is 0 Å². The maximum atomic E-state index is 9.94. The number of likely N-dealkylation sites (tertiary alicyclic amines) is 1. The molecule has 4 nitrogen and oxygen atoms in total. The van der Waals surface area contributed by atoms with Crippen molar-refractivity contribution in [3.63, 3.8) is 0 Å². The third-order valence-electron chi connectivity index (χ3n) is 3.42. The quantitative estimate of drug-likeness (QED) is 0.852. The molecule has 1 aromatic carbocycles. The van der Waals surface area contributed by atoms with Crippen molar-refractivity contribution in [3.8, 4) is 17.2 Å². The van der Waals surface area contributed by atoms with Crippen molar-refractivity contribution in [2.24, 2.45) is 0 Å². The summed E-state index contributed by atoms with van der Waals surface area (Å²) in [5.41, 5.74) is 0.927. The number of phenols is 1. The van der Waals surface area contributed by atoms with E-state index in [1.807, 2.05) is 6.07 Å². The molecule has 1 aromatic rings. The fourth-order valence-corrected chi connectivity index (χ4v) is 2.46. The van der Waals surface area contributed by atoms with Crippen LogP contribution < -0.4 is 9.47 Å². The minimum atomic E-state index is 0.252. The third kappa shape index (κ3) is 2.17. The van der Waals surface area contributed by atoms with Gasteiger partial charge in [-0.05, 0) is 32.0 Å². The van der Waals surface area contributed by atoms with Crippen molar-refractivity contribution in [3.05, 3.63) is 17.7 Å². The molecule has 2 aliphatic rings. The molecule has 0 aromatic heterocycles. The lowest BCUT2D eigenvalue weighted by molar-refractivity contribution is 0.173. The first-order valence-electron chi connectivity index (χ1n) is 6.17. The molecule has 1 N–H and O–H groups in total. The third-order valence-corrected chi connectivity index (χ3v) is 3.42. The van der Waals surface area contributed by atoms with Crippen LogP contribution in [0.2, 0.25) is 0 Å². The molecule has 0 spiro atoms. The van der Waals surface area contributed by atoms with Crippen molar-refractivity contribution in [2.45, 2.75) is 25.8 Å². The molecule has 0 atom stereocenters. The average Bonchev–Trinajstić information content (AvgIpc) is 2.78. The van der Waals surface area contributed by atoms with Gasteiger partial charge < -0.3 is 14.6 Å². The predicted octanol–water partition coefficient (Wildman–Crippen LogP) is 2.11. The average molecular weight is 235 g/mol.